The fraction of sp³-hybridized carbons (Fsp3) is 0.750. The standard InChI is InChI=1S/C8H4F10O/c9-2-3(10)7(15,16)8(17,18)4(2)19-1-6(13,14)5(11)12/h3,5H,1H2. The molecule has 19 heavy (non-hydrogen) atoms. The topological polar surface area (TPSA) is 9.23 Å². The van der Waals surface area contributed by atoms with Gasteiger partial charge in [0.15, 0.2) is 12.4 Å². The summed E-state index contributed by atoms with van der Waals surface area (Å²) in [5, 5.41) is 0. The van der Waals surface area contributed by atoms with E-state index in [4.69, 9.17) is 0 Å². The van der Waals surface area contributed by atoms with Crippen LogP contribution in [-0.4, -0.2) is 37.0 Å². The molecule has 0 aromatic heterocycles. The van der Waals surface area contributed by atoms with Gasteiger partial charge in [0.05, 0.1) is 0 Å². The maximum Gasteiger partial charge on any atom is 0.372 e. The molecule has 0 bridgehead atoms. The van der Waals surface area contributed by atoms with Crippen molar-refractivity contribution in [1.82, 2.24) is 0 Å². The Bertz CT molecular complexity index is 387. The molecule has 1 unspecified atom stereocenters. The highest BCUT2D eigenvalue weighted by Gasteiger charge is 2.73. The molecule has 1 aliphatic carbocycles. The highest BCUT2D eigenvalue weighted by Crippen LogP contribution is 2.53. The van der Waals surface area contributed by atoms with Crippen LogP contribution < -0.4 is 0 Å². The first-order chi connectivity index (χ1) is 8.35. The first kappa shape index (κ1) is 15.9. The average Bonchev–Trinajstić information content (AvgIpc) is 2.36. The van der Waals surface area contributed by atoms with Crippen molar-refractivity contribution in [3.63, 3.8) is 0 Å². The summed E-state index contributed by atoms with van der Waals surface area (Å²) in [6, 6.07) is 0. The molecule has 0 amide bonds. The smallest absolute Gasteiger partial charge is 0.372 e. The lowest BCUT2D eigenvalue weighted by atomic mass is 10.2. The zero-order valence-corrected chi connectivity index (χ0v) is 8.55. The number of rotatable bonds is 4. The van der Waals surface area contributed by atoms with Gasteiger partial charge in [0, 0.05) is 0 Å². The lowest BCUT2D eigenvalue weighted by Crippen LogP contribution is -2.44. The molecule has 0 saturated carbocycles. The molecule has 1 atom stereocenters. The Morgan fingerprint density at radius 3 is 1.95 bits per heavy atom. The van der Waals surface area contributed by atoms with E-state index in [1.54, 1.807) is 0 Å². The zero-order chi connectivity index (χ0) is 15.2. The van der Waals surface area contributed by atoms with Crippen LogP contribution in [0.4, 0.5) is 43.9 Å². The summed E-state index contributed by atoms with van der Waals surface area (Å²) < 4.78 is 127. The third kappa shape index (κ3) is 2.34. The minimum atomic E-state index is -5.55. The van der Waals surface area contributed by atoms with E-state index in [9.17, 15) is 43.9 Å². The van der Waals surface area contributed by atoms with E-state index < -0.39 is 48.6 Å². The van der Waals surface area contributed by atoms with Crippen LogP contribution in [-0.2, 0) is 4.74 Å². The van der Waals surface area contributed by atoms with Crippen molar-refractivity contribution in [3.05, 3.63) is 11.6 Å². The van der Waals surface area contributed by atoms with Crippen LogP contribution >= 0.6 is 0 Å². The van der Waals surface area contributed by atoms with Gasteiger partial charge in [-0.2, -0.15) is 26.3 Å². The van der Waals surface area contributed by atoms with E-state index in [0.717, 1.165) is 0 Å². The van der Waals surface area contributed by atoms with Crippen LogP contribution in [0.2, 0.25) is 0 Å². The molecule has 0 aliphatic heterocycles. The van der Waals surface area contributed by atoms with Crippen LogP contribution in [0.5, 0.6) is 0 Å². The second-order valence-corrected chi connectivity index (χ2v) is 3.59. The molecule has 0 aromatic rings. The van der Waals surface area contributed by atoms with E-state index in [1.165, 1.54) is 0 Å². The van der Waals surface area contributed by atoms with Gasteiger partial charge in [-0.25, -0.2) is 17.6 Å². The molecular formula is C8H4F10O. The molecule has 0 aromatic carbocycles. The Kier molecular flexibility index (Phi) is 3.72. The van der Waals surface area contributed by atoms with Crippen LogP contribution in [0.25, 0.3) is 0 Å². The zero-order valence-electron chi connectivity index (χ0n) is 8.55. The van der Waals surface area contributed by atoms with E-state index in [-0.39, 0.29) is 0 Å². The fourth-order valence-corrected chi connectivity index (χ4v) is 1.13. The van der Waals surface area contributed by atoms with Gasteiger partial charge in [0.1, 0.15) is 0 Å². The normalized spacial score (nSPS) is 26.2. The maximum atomic E-state index is 12.8. The van der Waals surface area contributed by atoms with Gasteiger partial charge in [-0.3, -0.25) is 0 Å². The van der Waals surface area contributed by atoms with Gasteiger partial charge in [-0.05, 0) is 0 Å². The summed E-state index contributed by atoms with van der Waals surface area (Å²) in [4.78, 5) is 0. The van der Waals surface area contributed by atoms with Crippen molar-refractivity contribution < 1.29 is 48.6 Å². The van der Waals surface area contributed by atoms with E-state index in [0.29, 0.717) is 0 Å². The van der Waals surface area contributed by atoms with Crippen LogP contribution in [0.3, 0.4) is 0 Å². The maximum absolute atomic E-state index is 12.8. The number of allylic oxidation sites excluding steroid dienone is 2. The largest absolute Gasteiger partial charge is 0.482 e. The quantitative estimate of drug-likeness (QED) is 0.720. The molecule has 1 aliphatic rings. The molecule has 112 valence electrons. The molecule has 0 heterocycles. The molecule has 1 nitrogen and oxygen atoms in total. The van der Waals surface area contributed by atoms with E-state index >= 15 is 0 Å². The average molecular weight is 306 g/mol. The summed E-state index contributed by atoms with van der Waals surface area (Å²) in [6.07, 6.45) is -8.45. The van der Waals surface area contributed by atoms with Gasteiger partial charge >= 0.3 is 24.2 Å². The molecule has 0 N–H and O–H groups in total. The highest BCUT2D eigenvalue weighted by molar-refractivity contribution is 5.30. The molecule has 1 rings (SSSR count). The highest BCUT2D eigenvalue weighted by atomic mass is 19.3. The SMILES string of the molecule is FC1=C(OCC(F)(F)C(F)F)C(F)(F)C(F)(F)C1F. The van der Waals surface area contributed by atoms with Crippen molar-refractivity contribution in [3.8, 4) is 0 Å². The third-order valence-corrected chi connectivity index (χ3v) is 2.19. The Labute approximate surface area is 98.4 Å². The van der Waals surface area contributed by atoms with Crippen LogP contribution in [0, 0.1) is 0 Å². The van der Waals surface area contributed by atoms with Gasteiger partial charge in [0.2, 0.25) is 11.9 Å². The second-order valence-electron chi connectivity index (χ2n) is 3.59. The molecule has 0 saturated heterocycles. The second kappa shape index (κ2) is 4.44. The summed E-state index contributed by atoms with van der Waals surface area (Å²) in [7, 11) is 0. The summed E-state index contributed by atoms with van der Waals surface area (Å²) >= 11 is 0. The van der Waals surface area contributed by atoms with Crippen LogP contribution in [0.1, 0.15) is 0 Å². The van der Waals surface area contributed by atoms with E-state index in [1.807, 2.05) is 0 Å². The number of hydrogen-bond donors (Lipinski definition) is 0. The summed E-state index contributed by atoms with van der Waals surface area (Å²) in [5.74, 6) is -21.6. The molecule has 11 heteroatoms. The minimum Gasteiger partial charge on any atom is -0.482 e. The van der Waals surface area contributed by atoms with Crippen molar-refractivity contribution in [2.45, 2.75) is 30.4 Å². The number of ether oxygens (including phenoxy) is 1. The minimum absolute atomic E-state index is 2.49. The lowest BCUT2D eigenvalue weighted by molar-refractivity contribution is -0.221. The number of alkyl halides is 9. The van der Waals surface area contributed by atoms with Crippen LogP contribution in [0.15, 0.2) is 11.6 Å². The summed E-state index contributed by atoms with van der Waals surface area (Å²) in [5.41, 5.74) is 0. The van der Waals surface area contributed by atoms with Crippen molar-refractivity contribution >= 4 is 0 Å². The van der Waals surface area contributed by atoms with Crippen molar-refractivity contribution in [2.24, 2.45) is 0 Å². The fourth-order valence-electron chi connectivity index (χ4n) is 1.13. The first-order valence-corrected chi connectivity index (χ1v) is 4.44. The van der Waals surface area contributed by atoms with Gasteiger partial charge in [-0.1, -0.05) is 0 Å². The number of hydrogen-bond acceptors (Lipinski definition) is 1. The number of halogens is 10. The molecule has 0 radical (unpaired) electrons. The van der Waals surface area contributed by atoms with Crippen molar-refractivity contribution in [2.75, 3.05) is 6.61 Å². The summed E-state index contributed by atoms with van der Waals surface area (Å²) in [6.45, 7) is -2.49. The predicted octanol–water partition coefficient (Wildman–Crippen LogP) is 3.71. The van der Waals surface area contributed by atoms with E-state index in [2.05, 4.69) is 4.74 Å². The van der Waals surface area contributed by atoms with Crippen molar-refractivity contribution in [1.29, 1.82) is 0 Å². The molecule has 0 fully saturated rings. The molecular weight excluding hydrogens is 302 g/mol. The Hall–Kier alpha value is -1.16. The lowest BCUT2D eigenvalue weighted by Gasteiger charge is -2.23. The van der Waals surface area contributed by atoms with Gasteiger partial charge in [0.25, 0.3) is 0 Å². The van der Waals surface area contributed by atoms with Gasteiger partial charge < -0.3 is 4.74 Å². The predicted molar refractivity (Wildman–Crippen MR) is 39.8 cm³/mol. The monoisotopic (exact) mass is 306 g/mol. The third-order valence-electron chi connectivity index (χ3n) is 2.19. The first-order valence-electron chi connectivity index (χ1n) is 4.44. The Morgan fingerprint density at radius 1 is 1.16 bits per heavy atom. The molecule has 0 spiro atoms. The Morgan fingerprint density at radius 2 is 1.63 bits per heavy atom. The Balaban J connectivity index is 2.96. The van der Waals surface area contributed by atoms with Gasteiger partial charge in [-0.15, -0.1) is 0 Å².